The van der Waals surface area contributed by atoms with Gasteiger partial charge in [-0.3, -0.25) is 4.99 Å². The van der Waals surface area contributed by atoms with Crippen molar-refractivity contribution in [1.29, 1.82) is 0 Å². The van der Waals surface area contributed by atoms with E-state index in [1.165, 1.54) is 29.2 Å². The first-order chi connectivity index (χ1) is 11.3. The molecule has 2 aromatic rings. The SMILES string of the molecule is CN=C(NCc1cccc2ccccc12)NC1CC2CCC1O2.I. The quantitative estimate of drug-likeness (QED) is 0.440. The third kappa shape index (κ3) is 3.52. The van der Waals surface area contributed by atoms with E-state index in [-0.39, 0.29) is 24.0 Å². The lowest BCUT2D eigenvalue weighted by Gasteiger charge is -2.22. The van der Waals surface area contributed by atoms with Crippen molar-refractivity contribution in [1.82, 2.24) is 10.6 Å². The number of ether oxygens (including phenoxy) is 1. The molecular weight excluding hydrogens is 413 g/mol. The van der Waals surface area contributed by atoms with Crippen LogP contribution in [0.3, 0.4) is 0 Å². The van der Waals surface area contributed by atoms with Gasteiger partial charge in [0.1, 0.15) is 0 Å². The van der Waals surface area contributed by atoms with E-state index in [4.69, 9.17) is 4.74 Å². The maximum Gasteiger partial charge on any atom is 0.191 e. The van der Waals surface area contributed by atoms with Gasteiger partial charge >= 0.3 is 0 Å². The number of fused-ring (bicyclic) bond motifs is 3. The highest BCUT2D eigenvalue weighted by atomic mass is 127. The Kier molecular flexibility index (Phi) is 5.61. The van der Waals surface area contributed by atoms with Gasteiger partial charge in [0.25, 0.3) is 0 Å². The Labute approximate surface area is 160 Å². The maximum atomic E-state index is 5.91. The molecule has 2 saturated heterocycles. The van der Waals surface area contributed by atoms with E-state index in [1.54, 1.807) is 0 Å². The third-order valence-corrected chi connectivity index (χ3v) is 4.98. The molecule has 0 saturated carbocycles. The summed E-state index contributed by atoms with van der Waals surface area (Å²) in [6, 6.07) is 15.3. The van der Waals surface area contributed by atoms with E-state index in [0.717, 1.165) is 18.9 Å². The van der Waals surface area contributed by atoms with Crippen molar-refractivity contribution in [2.45, 2.75) is 44.1 Å². The Bertz CT molecular complexity index is 728. The molecule has 4 nitrogen and oxygen atoms in total. The minimum absolute atomic E-state index is 0. The number of benzene rings is 2. The Balaban J connectivity index is 0.00000169. The monoisotopic (exact) mass is 437 g/mol. The second kappa shape index (κ2) is 7.70. The van der Waals surface area contributed by atoms with Gasteiger partial charge in [0, 0.05) is 13.6 Å². The number of nitrogens with zero attached hydrogens (tertiary/aromatic N) is 1. The molecule has 0 aliphatic carbocycles. The zero-order valence-corrected chi connectivity index (χ0v) is 16.2. The van der Waals surface area contributed by atoms with Gasteiger partial charge in [-0.05, 0) is 35.6 Å². The van der Waals surface area contributed by atoms with Gasteiger partial charge in [0.05, 0.1) is 18.2 Å². The predicted molar refractivity (Wildman–Crippen MR) is 109 cm³/mol. The zero-order chi connectivity index (χ0) is 15.6. The average molecular weight is 437 g/mol. The van der Waals surface area contributed by atoms with Gasteiger partial charge in [-0.2, -0.15) is 0 Å². The Morgan fingerprint density at radius 2 is 2.00 bits per heavy atom. The molecule has 0 spiro atoms. The van der Waals surface area contributed by atoms with Gasteiger partial charge in [-0.15, -0.1) is 24.0 Å². The smallest absolute Gasteiger partial charge is 0.191 e. The summed E-state index contributed by atoms with van der Waals surface area (Å²) in [4.78, 5) is 4.37. The predicted octanol–water partition coefficient (Wildman–Crippen LogP) is 3.44. The van der Waals surface area contributed by atoms with Crippen LogP contribution in [0.5, 0.6) is 0 Å². The highest BCUT2D eigenvalue weighted by molar-refractivity contribution is 14.0. The molecule has 2 fully saturated rings. The zero-order valence-electron chi connectivity index (χ0n) is 13.9. The Morgan fingerprint density at radius 1 is 1.17 bits per heavy atom. The van der Waals surface area contributed by atoms with Crippen molar-refractivity contribution in [2.75, 3.05) is 7.05 Å². The van der Waals surface area contributed by atoms with Gasteiger partial charge in [0.2, 0.25) is 0 Å². The minimum Gasteiger partial charge on any atom is -0.373 e. The number of nitrogens with one attached hydrogen (secondary N) is 2. The van der Waals surface area contributed by atoms with Crippen molar-refractivity contribution in [3.05, 3.63) is 48.0 Å². The summed E-state index contributed by atoms with van der Waals surface area (Å²) in [6.07, 6.45) is 4.29. The van der Waals surface area contributed by atoms with Crippen LogP contribution in [-0.4, -0.2) is 31.3 Å². The first-order valence-corrected chi connectivity index (χ1v) is 8.43. The molecule has 2 aromatic carbocycles. The Hall–Kier alpha value is -1.34. The number of guanidine groups is 1. The van der Waals surface area contributed by atoms with Crippen LogP contribution in [0.25, 0.3) is 10.8 Å². The summed E-state index contributed by atoms with van der Waals surface area (Å²) in [5.74, 6) is 0.860. The molecule has 5 heteroatoms. The summed E-state index contributed by atoms with van der Waals surface area (Å²) in [7, 11) is 1.83. The van der Waals surface area contributed by atoms with Crippen LogP contribution in [0.15, 0.2) is 47.5 Å². The summed E-state index contributed by atoms with van der Waals surface area (Å²) < 4.78 is 5.91. The molecule has 2 aliphatic rings. The first-order valence-electron chi connectivity index (χ1n) is 8.43. The molecule has 2 aliphatic heterocycles. The molecule has 128 valence electrons. The largest absolute Gasteiger partial charge is 0.373 e. The number of hydrogen-bond donors (Lipinski definition) is 2. The number of halogens is 1. The number of aliphatic imine (C=N–C) groups is 1. The van der Waals surface area contributed by atoms with Crippen LogP contribution in [-0.2, 0) is 11.3 Å². The molecule has 24 heavy (non-hydrogen) atoms. The fourth-order valence-corrected chi connectivity index (χ4v) is 3.79. The van der Waals surface area contributed by atoms with Gasteiger partial charge in [-0.25, -0.2) is 0 Å². The lowest BCUT2D eigenvalue weighted by molar-refractivity contribution is 0.0992. The van der Waals surface area contributed by atoms with E-state index in [2.05, 4.69) is 58.1 Å². The fourth-order valence-electron chi connectivity index (χ4n) is 3.79. The topological polar surface area (TPSA) is 45.7 Å². The summed E-state index contributed by atoms with van der Waals surface area (Å²) in [5, 5.41) is 9.54. The van der Waals surface area contributed by atoms with Crippen molar-refractivity contribution >= 4 is 40.7 Å². The maximum absolute atomic E-state index is 5.91. The van der Waals surface area contributed by atoms with Gasteiger partial charge in [-0.1, -0.05) is 42.5 Å². The normalized spacial score (nSPS) is 25.5. The molecule has 2 bridgehead atoms. The molecule has 3 unspecified atom stereocenters. The van der Waals surface area contributed by atoms with Gasteiger partial charge in [0.15, 0.2) is 5.96 Å². The number of rotatable bonds is 3. The number of hydrogen-bond acceptors (Lipinski definition) is 2. The summed E-state index contributed by atoms with van der Waals surface area (Å²) in [5.41, 5.74) is 1.29. The van der Waals surface area contributed by atoms with E-state index in [1.807, 2.05) is 7.05 Å². The molecular formula is C19H24IN3O. The van der Waals surface area contributed by atoms with Crippen molar-refractivity contribution in [2.24, 2.45) is 4.99 Å². The van der Waals surface area contributed by atoms with Crippen LogP contribution in [0, 0.1) is 0 Å². The molecule has 3 atom stereocenters. The van der Waals surface area contributed by atoms with Crippen molar-refractivity contribution < 1.29 is 4.74 Å². The highest BCUT2D eigenvalue weighted by Crippen LogP contribution is 2.34. The Morgan fingerprint density at radius 3 is 2.75 bits per heavy atom. The standard InChI is InChI=1S/C19H23N3O.HI/c1-20-19(22-17-11-15-9-10-18(17)23-15)21-12-14-7-4-6-13-5-2-3-8-16(13)14;/h2-8,15,17-18H,9-12H2,1H3,(H2,20,21,22);1H. The van der Waals surface area contributed by atoms with E-state index in [0.29, 0.717) is 18.2 Å². The van der Waals surface area contributed by atoms with Crippen LogP contribution >= 0.6 is 24.0 Å². The van der Waals surface area contributed by atoms with Crippen molar-refractivity contribution in [3.8, 4) is 0 Å². The summed E-state index contributed by atoms with van der Waals surface area (Å²) >= 11 is 0. The molecule has 2 heterocycles. The minimum atomic E-state index is 0. The lowest BCUT2D eigenvalue weighted by Crippen LogP contribution is -2.47. The van der Waals surface area contributed by atoms with Crippen LogP contribution < -0.4 is 10.6 Å². The highest BCUT2D eigenvalue weighted by Gasteiger charge is 2.41. The van der Waals surface area contributed by atoms with E-state index < -0.39 is 0 Å². The third-order valence-electron chi connectivity index (χ3n) is 4.98. The van der Waals surface area contributed by atoms with Crippen LogP contribution in [0.1, 0.15) is 24.8 Å². The summed E-state index contributed by atoms with van der Waals surface area (Å²) in [6.45, 7) is 0.767. The van der Waals surface area contributed by atoms with Crippen LogP contribution in [0.4, 0.5) is 0 Å². The molecule has 0 aromatic heterocycles. The first kappa shape index (κ1) is 17.5. The second-order valence-electron chi connectivity index (χ2n) is 6.42. The van der Waals surface area contributed by atoms with Gasteiger partial charge < -0.3 is 15.4 Å². The van der Waals surface area contributed by atoms with Crippen LogP contribution in [0.2, 0.25) is 0 Å². The molecule has 0 amide bonds. The molecule has 4 rings (SSSR count). The van der Waals surface area contributed by atoms with E-state index in [9.17, 15) is 0 Å². The second-order valence-corrected chi connectivity index (χ2v) is 6.42. The lowest BCUT2D eigenvalue weighted by atomic mass is 9.96. The van der Waals surface area contributed by atoms with E-state index >= 15 is 0 Å². The molecule has 0 radical (unpaired) electrons. The fraction of sp³-hybridized carbons (Fsp3) is 0.421. The average Bonchev–Trinajstić information content (AvgIpc) is 3.21. The molecule has 2 N–H and O–H groups in total. The van der Waals surface area contributed by atoms with Crippen molar-refractivity contribution in [3.63, 3.8) is 0 Å².